The molecule has 0 saturated heterocycles. The Morgan fingerprint density at radius 3 is 2.56 bits per heavy atom. The number of rotatable bonds is 4. The van der Waals surface area contributed by atoms with Gasteiger partial charge in [0.2, 0.25) is 5.91 Å². The Balaban J connectivity index is 1.68. The summed E-state index contributed by atoms with van der Waals surface area (Å²) in [5.41, 5.74) is 8.88. The Bertz CT molecular complexity index is 967. The zero-order valence-electron chi connectivity index (χ0n) is 15.0. The van der Waals surface area contributed by atoms with Crippen molar-refractivity contribution in [3.8, 4) is 0 Å². The molecule has 3 aromatic rings. The van der Waals surface area contributed by atoms with Crippen molar-refractivity contribution in [3.63, 3.8) is 0 Å². The summed E-state index contributed by atoms with van der Waals surface area (Å²) in [6, 6.07) is 12.2. The van der Waals surface area contributed by atoms with Gasteiger partial charge >= 0.3 is 0 Å². The Morgan fingerprint density at radius 1 is 1.08 bits per heavy atom. The van der Waals surface area contributed by atoms with Gasteiger partial charge < -0.3 is 4.42 Å². The van der Waals surface area contributed by atoms with Crippen LogP contribution in [-0.2, 0) is 11.2 Å². The third-order valence-electron chi connectivity index (χ3n) is 4.35. The van der Waals surface area contributed by atoms with Crippen LogP contribution in [0.3, 0.4) is 0 Å². The van der Waals surface area contributed by atoms with Crippen LogP contribution in [0, 0.1) is 27.7 Å². The van der Waals surface area contributed by atoms with E-state index < -0.39 is 0 Å². The second-order valence-corrected chi connectivity index (χ2v) is 6.49. The number of amides is 1. The summed E-state index contributed by atoms with van der Waals surface area (Å²) >= 11 is 0. The first-order chi connectivity index (χ1) is 11.9. The van der Waals surface area contributed by atoms with Crippen LogP contribution in [0.2, 0.25) is 0 Å². The molecule has 1 amide bonds. The van der Waals surface area contributed by atoms with Crippen molar-refractivity contribution in [2.24, 2.45) is 5.10 Å². The maximum Gasteiger partial charge on any atom is 0.244 e. The van der Waals surface area contributed by atoms with Crippen LogP contribution in [0.1, 0.15) is 33.6 Å². The van der Waals surface area contributed by atoms with Crippen LogP contribution >= 0.6 is 0 Å². The quantitative estimate of drug-likeness (QED) is 0.569. The molecule has 0 aliphatic carbocycles. The lowest BCUT2D eigenvalue weighted by atomic mass is 10.0. The maximum absolute atomic E-state index is 12.1. The van der Waals surface area contributed by atoms with Gasteiger partial charge in [-0.25, -0.2) is 5.43 Å². The van der Waals surface area contributed by atoms with Gasteiger partial charge in [-0.05, 0) is 50.5 Å². The molecule has 25 heavy (non-hydrogen) atoms. The Labute approximate surface area is 147 Å². The SMILES string of the molecule is Cc1ccc(CC(=O)N/N=C/c2oc3cc(C)ccc3c2C)c(C)c1. The molecule has 128 valence electrons. The fraction of sp³-hybridized carbons (Fsp3) is 0.238. The number of hydrogen-bond acceptors (Lipinski definition) is 3. The van der Waals surface area contributed by atoms with Crippen molar-refractivity contribution in [1.82, 2.24) is 5.43 Å². The third-order valence-corrected chi connectivity index (χ3v) is 4.35. The van der Waals surface area contributed by atoms with Gasteiger partial charge in [0.1, 0.15) is 5.58 Å². The largest absolute Gasteiger partial charge is 0.455 e. The van der Waals surface area contributed by atoms with Crippen LogP contribution in [0.5, 0.6) is 0 Å². The Morgan fingerprint density at radius 2 is 1.80 bits per heavy atom. The van der Waals surface area contributed by atoms with E-state index in [2.05, 4.69) is 22.7 Å². The molecular weight excluding hydrogens is 312 g/mol. The van der Waals surface area contributed by atoms with Crippen molar-refractivity contribution < 1.29 is 9.21 Å². The van der Waals surface area contributed by atoms with E-state index >= 15 is 0 Å². The first kappa shape index (κ1) is 17.0. The zero-order chi connectivity index (χ0) is 18.0. The van der Waals surface area contributed by atoms with Gasteiger partial charge in [0.15, 0.2) is 5.76 Å². The number of nitrogens with zero attached hydrogens (tertiary/aromatic N) is 1. The lowest BCUT2D eigenvalue weighted by molar-refractivity contribution is -0.120. The molecule has 0 unspecified atom stereocenters. The highest BCUT2D eigenvalue weighted by Crippen LogP contribution is 2.24. The van der Waals surface area contributed by atoms with E-state index in [1.165, 1.54) is 5.56 Å². The van der Waals surface area contributed by atoms with E-state index in [9.17, 15) is 4.79 Å². The summed E-state index contributed by atoms with van der Waals surface area (Å²) in [5.74, 6) is 0.514. The molecule has 0 aliphatic rings. The lowest BCUT2D eigenvalue weighted by Crippen LogP contribution is -2.20. The number of nitrogens with one attached hydrogen (secondary N) is 1. The van der Waals surface area contributed by atoms with E-state index in [1.54, 1.807) is 6.21 Å². The average Bonchev–Trinajstić information content (AvgIpc) is 2.86. The van der Waals surface area contributed by atoms with Crippen molar-refractivity contribution in [1.29, 1.82) is 0 Å². The second kappa shape index (κ2) is 6.93. The second-order valence-electron chi connectivity index (χ2n) is 6.49. The first-order valence-corrected chi connectivity index (χ1v) is 8.32. The number of fused-ring (bicyclic) bond motifs is 1. The topological polar surface area (TPSA) is 54.6 Å². The molecule has 4 heteroatoms. The molecule has 3 rings (SSSR count). The summed E-state index contributed by atoms with van der Waals surface area (Å²) in [6.07, 6.45) is 1.87. The molecule has 0 radical (unpaired) electrons. The number of benzene rings is 2. The number of carbonyl (C=O) groups excluding carboxylic acids is 1. The molecule has 0 spiro atoms. The fourth-order valence-electron chi connectivity index (χ4n) is 2.89. The molecular formula is C21H22N2O2. The number of furan rings is 1. The zero-order valence-corrected chi connectivity index (χ0v) is 15.0. The van der Waals surface area contributed by atoms with Crippen LogP contribution in [0.4, 0.5) is 0 Å². The number of hydrazone groups is 1. The molecule has 0 aliphatic heterocycles. The molecule has 0 bridgehead atoms. The van der Waals surface area contributed by atoms with Crippen LogP contribution in [0.15, 0.2) is 45.9 Å². The summed E-state index contributed by atoms with van der Waals surface area (Å²) in [6.45, 7) is 8.06. The summed E-state index contributed by atoms with van der Waals surface area (Å²) in [4.78, 5) is 12.1. The maximum atomic E-state index is 12.1. The van der Waals surface area contributed by atoms with Crippen LogP contribution in [-0.4, -0.2) is 12.1 Å². The molecule has 0 atom stereocenters. The van der Waals surface area contributed by atoms with E-state index in [-0.39, 0.29) is 5.91 Å². The highest BCUT2D eigenvalue weighted by molar-refractivity contribution is 5.91. The molecule has 1 heterocycles. The summed E-state index contributed by atoms with van der Waals surface area (Å²) in [5, 5.41) is 5.11. The molecule has 0 saturated carbocycles. The van der Waals surface area contributed by atoms with Gasteiger partial charge in [0.25, 0.3) is 0 Å². The minimum absolute atomic E-state index is 0.146. The van der Waals surface area contributed by atoms with Crippen LogP contribution < -0.4 is 5.43 Å². The highest BCUT2D eigenvalue weighted by atomic mass is 16.3. The third kappa shape index (κ3) is 3.79. The Hall–Kier alpha value is -2.88. The molecule has 0 fully saturated rings. The Kier molecular flexibility index (Phi) is 4.70. The molecule has 1 aromatic heterocycles. The van der Waals surface area contributed by atoms with Gasteiger partial charge in [-0.2, -0.15) is 5.10 Å². The predicted octanol–water partition coefficient (Wildman–Crippen LogP) is 4.36. The van der Waals surface area contributed by atoms with E-state index in [0.717, 1.165) is 33.2 Å². The van der Waals surface area contributed by atoms with Crippen molar-refractivity contribution in [2.75, 3.05) is 0 Å². The smallest absolute Gasteiger partial charge is 0.244 e. The number of aryl methyl sites for hydroxylation is 4. The summed E-state index contributed by atoms with van der Waals surface area (Å²) in [7, 11) is 0. The van der Waals surface area contributed by atoms with Gasteiger partial charge in [-0.3, -0.25) is 4.79 Å². The molecule has 1 N–H and O–H groups in total. The highest BCUT2D eigenvalue weighted by Gasteiger charge is 2.09. The van der Waals surface area contributed by atoms with E-state index in [1.807, 2.05) is 52.0 Å². The fourth-order valence-corrected chi connectivity index (χ4v) is 2.89. The minimum Gasteiger partial charge on any atom is -0.455 e. The van der Waals surface area contributed by atoms with Crippen molar-refractivity contribution >= 4 is 23.1 Å². The summed E-state index contributed by atoms with van der Waals surface area (Å²) < 4.78 is 5.81. The lowest BCUT2D eigenvalue weighted by Gasteiger charge is -2.05. The number of carbonyl (C=O) groups is 1. The van der Waals surface area contributed by atoms with Gasteiger partial charge in [0, 0.05) is 10.9 Å². The monoisotopic (exact) mass is 334 g/mol. The van der Waals surface area contributed by atoms with Crippen molar-refractivity contribution in [3.05, 3.63) is 70.0 Å². The van der Waals surface area contributed by atoms with Gasteiger partial charge in [0.05, 0.1) is 12.6 Å². The predicted molar refractivity (Wildman–Crippen MR) is 101 cm³/mol. The molecule has 2 aromatic carbocycles. The van der Waals surface area contributed by atoms with Crippen LogP contribution in [0.25, 0.3) is 11.0 Å². The first-order valence-electron chi connectivity index (χ1n) is 8.32. The van der Waals surface area contributed by atoms with Crippen molar-refractivity contribution in [2.45, 2.75) is 34.1 Å². The standard InChI is InChI=1S/C21H22N2O2/c1-13-5-7-17(15(3)9-13)11-21(24)23-22-12-20-16(4)18-8-6-14(2)10-19(18)25-20/h5-10,12H,11H2,1-4H3,(H,23,24)/b22-12+. The van der Waals surface area contributed by atoms with Gasteiger partial charge in [-0.1, -0.05) is 35.9 Å². The average molecular weight is 334 g/mol. The van der Waals surface area contributed by atoms with E-state index in [0.29, 0.717) is 12.2 Å². The minimum atomic E-state index is -0.146. The van der Waals surface area contributed by atoms with E-state index in [4.69, 9.17) is 4.42 Å². The number of hydrogen-bond donors (Lipinski definition) is 1. The normalized spacial score (nSPS) is 11.4. The van der Waals surface area contributed by atoms with Gasteiger partial charge in [-0.15, -0.1) is 0 Å². The molecule has 4 nitrogen and oxygen atoms in total.